The number of likely N-dealkylation sites (N-methyl/N-ethyl adjacent to an activating group) is 1. The van der Waals surface area contributed by atoms with Crippen LogP contribution in [-0.4, -0.2) is 76.9 Å². The smallest absolute Gasteiger partial charge is 0.255 e. The predicted molar refractivity (Wildman–Crippen MR) is 89.4 cm³/mol. The Bertz CT molecular complexity index is 556. The van der Waals surface area contributed by atoms with E-state index in [1.54, 1.807) is 0 Å². The third kappa shape index (κ3) is 3.76. The van der Waals surface area contributed by atoms with E-state index in [-0.39, 0.29) is 31.0 Å². The minimum atomic E-state index is 0.0527. The zero-order valence-corrected chi connectivity index (χ0v) is 14.6. The Morgan fingerprint density at radius 2 is 1.96 bits per heavy atom. The monoisotopic (exact) mass is 323 g/mol. The number of rotatable bonds is 6. The molecule has 1 aliphatic heterocycles. The number of hydrogen-bond acceptors (Lipinski definition) is 4. The van der Waals surface area contributed by atoms with Gasteiger partial charge in [-0.2, -0.15) is 0 Å². The van der Waals surface area contributed by atoms with Gasteiger partial charge in [0.1, 0.15) is 0 Å². The molecule has 0 aliphatic carbocycles. The van der Waals surface area contributed by atoms with Crippen LogP contribution < -0.4 is 0 Å². The summed E-state index contributed by atoms with van der Waals surface area (Å²) in [6, 6.07) is 1.94. The second-order valence-electron chi connectivity index (χ2n) is 6.74. The van der Waals surface area contributed by atoms with Crippen LogP contribution in [0.4, 0.5) is 0 Å². The van der Waals surface area contributed by atoms with Crippen LogP contribution in [0.1, 0.15) is 21.7 Å². The first-order chi connectivity index (χ1) is 10.9. The van der Waals surface area contributed by atoms with Crippen LogP contribution in [0.2, 0.25) is 0 Å². The highest BCUT2D eigenvalue weighted by Gasteiger charge is 2.36. The van der Waals surface area contributed by atoms with Gasteiger partial charge in [-0.1, -0.05) is 0 Å². The lowest BCUT2D eigenvalue weighted by Gasteiger charge is -2.23. The van der Waals surface area contributed by atoms with Crippen molar-refractivity contribution in [3.8, 4) is 0 Å². The van der Waals surface area contributed by atoms with Crippen molar-refractivity contribution in [2.75, 3.05) is 46.4 Å². The van der Waals surface area contributed by atoms with Crippen LogP contribution >= 0.6 is 0 Å². The van der Waals surface area contributed by atoms with Crippen molar-refractivity contribution in [3.05, 3.63) is 23.0 Å². The van der Waals surface area contributed by atoms with E-state index < -0.39 is 0 Å². The molecule has 2 N–H and O–H groups in total. The Balaban J connectivity index is 2.09. The summed E-state index contributed by atoms with van der Waals surface area (Å²) in [4.78, 5) is 16.7. The van der Waals surface area contributed by atoms with Crippen molar-refractivity contribution in [1.29, 1.82) is 0 Å². The molecule has 2 rings (SSSR count). The molecule has 23 heavy (non-hydrogen) atoms. The Hall–Kier alpha value is -1.37. The molecule has 6 heteroatoms. The number of likely N-dealkylation sites (tertiary alicyclic amines) is 1. The first-order valence-electron chi connectivity index (χ1n) is 8.21. The predicted octanol–water partition coefficient (Wildman–Crippen LogP) is 0.247. The maximum absolute atomic E-state index is 12.8. The Kier molecular flexibility index (Phi) is 5.84. The summed E-state index contributed by atoms with van der Waals surface area (Å²) in [5, 5.41) is 18.7. The average molecular weight is 323 g/mol. The van der Waals surface area contributed by atoms with Crippen LogP contribution in [0.15, 0.2) is 6.07 Å². The molecule has 1 fully saturated rings. The molecule has 0 saturated carbocycles. The normalized spacial score (nSPS) is 21.4. The van der Waals surface area contributed by atoms with Gasteiger partial charge in [0.2, 0.25) is 0 Å². The van der Waals surface area contributed by atoms with E-state index in [2.05, 4.69) is 4.90 Å². The van der Waals surface area contributed by atoms with E-state index in [1.807, 2.05) is 43.5 Å². The number of carbonyl (C=O) groups is 1. The minimum Gasteiger partial charge on any atom is -0.396 e. The molecule has 0 unspecified atom stereocenters. The number of aliphatic hydroxyl groups excluding tert-OH is 2. The van der Waals surface area contributed by atoms with E-state index in [1.165, 1.54) is 0 Å². The lowest BCUT2D eigenvalue weighted by atomic mass is 9.96. The van der Waals surface area contributed by atoms with Gasteiger partial charge in [-0.15, -0.1) is 0 Å². The molecular weight excluding hydrogens is 294 g/mol. The highest BCUT2D eigenvalue weighted by atomic mass is 16.3. The number of carbonyl (C=O) groups excluding carboxylic acids is 1. The zero-order valence-electron chi connectivity index (χ0n) is 14.6. The fraction of sp³-hybridized carbons (Fsp3) is 0.706. The molecule has 1 saturated heterocycles. The lowest BCUT2D eigenvalue weighted by Crippen LogP contribution is -2.33. The van der Waals surface area contributed by atoms with Crippen LogP contribution in [0.5, 0.6) is 0 Å². The van der Waals surface area contributed by atoms with Gasteiger partial charge in [0, 0.05) is 57.1 Å². The zero-order chi connectivity index (χ0) is 17.1. The van der Waals surface area contributed by atoms with Crippen molar-refractivity contribution in [2.24, 2.45) is 18.9 Å². The summed E-state index contributed by atoms with van der Waals surface area (Å²) in [7, 11) is 3.93. The lowest BCUT2D eigenvalue weighted by molar-refractivity contribution is 0.0778. The Labute approximate surface area is 138 Å². The van der Waals surface area contributed by atoms with Gasteiger partial charge in [-0.05, 0) is 32.9 Å². The van der Waals surface area contributed by atoms with E-state index >= 15 is 0 Å². The largest absolute Gasteiger partial charge is 0.396 e. The molecule has 0 aromatic carbocycles. The molecule has 0 radical (unpaired) electrons. The summed E-state index contributed by atoms with van der Waals surface area (Å²) in [6.07, 6.45) is 0. The summed E-state index contributed by atoms with van der Waals surface area (Å²) in [5.74, 6) is 0.396. The summed E-state index contributed by atoms with van der Waals surface area (Å²) in [6.45, 7) is 6.82. The highest BCUT2D eigenvalue weighted by Crippen LogP contribution is 2.26. The molecule has 0 spiro atoms. The van der Waals surface area contributed by atoms with Crippen LogP contribution in [0, 0.1) is 25.7 Å². The van der Waals surface area contributed by atoms with Crippen LogP contribution in [-0.2, 0) is 7.05 Å². The first kappa shape index (κ1) is 18.0. The van der Waals surface area contributed by atoms with Gasteiger partial charge in [0.25, 0.3) is 5.91 Å². The van der Waals surface area contributed by atoms with Gasteiger partial charge in [0.15, 0.2) is 0 Å². The average Bonchev–Trinajstić information content (AvgIpc) is 3.03. The quantitative estimate of drug-likeness (QED) is 0.787. The van der Waals surface area contributed by atoms with Crippen molar-refractivity contribution < 1.29 is 15.0 Å². The molecule has 1 aromatic rings. The number of aromatic nitrogens is 1. The Morgan fingerprint density at radius 1 is 1.30 bits per heavy atom. The van der Waals surface area contributed by atoms with Gasteiger partial charge < -0.3 is 24.6 Å². The van der Waals surface area contributed by atoms with Crippen molar-refractivity contribution in [1.82, 2.24) is 14.4 Å². The van der Waals surface area contributed by atoms with Crippen molar-refractivity contribution in [2.45, 2.75) is 13.8 Å². The second kappa shape index (κ2) is 7.47. The van der Waals surface area contributed by atoms with Gasteiger partial charge in [0.05, 0.1) is 12.2 Å². The highest BCUT2D eigenvalue weighted by molar-refractivity contribution is 5.96. The molecular formula is C17H29N3O3. The van der Waals surface area contributed by atoms with Gasteiger partial charge >= 0.3 is 0 Å². The fourth-order valence-electron chi connectivity index (χ4n) is 3.42. The standard InChI is InChI=1S/C17H29N3O3/c1-12-7-16(13(2)19(12)4)17(23)20-9-14(15(10-20)11-22)8-18(3)5-6-21/h7,14-15,21-22H,5-6,8-11H2,1-4H3/t14-,15-/m1/s1. The number of amides is 1. The first-order valence-corrected chi connectivity index (χ1v) is 8.21. The van der Waals surface area contributed by atoms with E-state index in [0.29, 0.717) is 19.6 Å². The van der Waals surface area contributed by atoms with E-state index in [4.69, 9.17) is 5.11 Å². The fourth-order valence-corrected chi connectivity index (χ4v) is 3.42. The third-order valence-corrected chi connectivity index (χ3v) is 5.13. The SMILES string of the molecule is Cc1cc(C(=O)N2C[C@@H](CN(C)CCO)[C@@H](CO)C2)c(C)n1C. The van der Waals surface area contributed by atoms with Crippen LogP contribution in [0.25, 0.3) is 0 Å². The third-order valence-electron chi connectivity index (χ3n) is 5.13. The molecule has 0 bridgehead atoms. The van der Waals surface area contributed by atoms with Gasteiger partial charge in [-0.3, -0.25) is 4.79 Å². The maximum Gasteiger partial charge on any atom is 0.255 e. The van der Waals surface area contributed by atoms with Crippen molar-refractivity contribution >= 4 is 5.91 Å². The minimum absolute atomic E-state index is 0.0527. The number of aryl methyl sites for hydroxylation is 1. The molecule has 2 atom stereocenters. The number of hydrogen-bond donors (Lipinski definition) is 2. The van der Waals surface area contributed by atoms with Crippen molar-refractivity contribution in [3.63, 3.8) is 0 Å². The second-order valence-corrected chi connectivity index (χ2v) is 6.74. The maximum atomic E-state index is 12.8. The van der Waals surface area contributed by atoms with Gasteiger partial charge in [-0.25, -0.2) is 0 Å². The molecule has 1 aromatic heterocycles. The number of nitrogens with zero attached hydrogens (tertiary/aromatic N) is 3. The molecule has 1 amide bonds. The summed E-state index contributed by atoms with van der Waals surface area (Å²) < 4.78 is 2.03. The molecule has 6 nitrogen and oxygen atoms in total. The molecule has 2 heterocycles. The summed E-state index contributed by atoms with van der Waals surface area (Å²) in [5.41, 5.74) is 2.81. The van der Waals surface area contributed by atoms with Crippen LogP contribution in [0.3, 0.4) is 0 Å². The topological polar surface area (TPSA) is 68.9 Å². The van der Waals surface area contributed by atoms with E-state index in [9.17, 15) is 9.90 Å². The summed E-state index contributed by atoms with van der Waals surface area (Å²) >= 11 is 0. The molecule has 130 valence electrons. The van der Waals surface area contributed by atoms with E-state index in [0.717, 1.165) is 23.5 Å². The number of aliphatic hydroxyl groups is 2. The molecule has 1 aliphatic rings. The Morgan fingerprint density at radius 3 is 2.48 bits per heavy atom.